The molecule has 0 radical (unpaired) electrons. The van der Waals surface area contributed by atoms with E-state index in [2.05, 4.69) is 0 Å². The molecule has 0 aliphatic heterocycles. The second-order valence-corrected chi connectivity index (χ2v) is 7.71. The molecule has 0 atom stereocenters. The second-order valence-electron chi connectivity index (χ2n) is 7.71. The van der Waals surface area contributed by atoms with Crippen LogP contribution in [0.15, 0.2) is 0 Å². The summed E-state index contributed by atoms with van der Waals surface area (Å²) in [4.78, 5) is 3.21. The van der Waals surface area contributed by atoms with Gasteiger partial charge in [-0.15, -0.1) is 39.6 Å². The smallest absolute Gasteiger partial charge is 0.868 e. The standard InChI is InChI=1S/2C6HF5O.2C6H12NO3.2Ti/c2*7-1-2(8)4(10)6(12)5(11)3(1)9;2*8-4-1-7(2-5-9)3-6-10;;/h2*12H;2*1-6H2;;/q;;2*-3;2*+4/p-2. The van der Waals surface area contributed by atoms with Gasteiger partial charge in [-0.25, -0.2) is 43.9 Å². The van der Waals surface area contributed by atoms with Gasteiger partial charge in [-0.05, 0) is 50.8 Å². The van der Waals surface area contributed by atoms with Gasteiger partial charge in [0.05, 0.1) is 0 Å². The minimum absolute atomic E-state index is 0. The van der Waals surface area contributed by atoms with E-state index >= 15 is 0 Å². The molecule has 10 nitrogen and oxygen atoms in total. The van der Waals surface area contributed by atoms with Gasteiger partial charge in [0, 0.05) is 0 Å². The van der Waals surface area contributed by atoms with Crippen molar-refractivity contribution in [2.24, 2.45) is 0 Å². The first-order valence-electron chi connectivity index (χ1n) is 11.9. The van der Waals surface area contributed by atoms with E-state index in [1.54, 1.807) is 9.80 Å². The van der Waals surface area contributed by atoms with Crippen molar-refractivity contribution in [3.8, 4) is 11.5 Å². The molecule has 0 aromatic heterocycles. The van der Waals surface area contributed by atoms with E-state index in [1.165, 1.54) is 0 Å². The Hall–Kier alpha value is -1.55. The van der Waals surface area contributed by atoms with E-state index in [0.717, 1.165) is 0 Å². The van der Waals surface area contributed by atoms with Crippen LogP contribution in [-0.4, -0.2) is 88.7 Å². The van der Waals surface area contributed by atoms with Crippen molar-refractivity contribution in [1.82, 2.24) is 9.80 Å². The minimum atomic E-state index is -2.33. The number of rotatable bonds is 12. The SMILES string of the molecule is [O-]CCN(CC[O-])CC[O-].[O-]CCN(CC[O-])CC[O-].[O-]c1c(F)c(F)c(F)c(F)c1F.[O-]c1c(F)c(F)c(F)c(F)c1F.[Ti+4].[Ti+4]. The third-order valence-corrected chi connectivity index (χ3v) is 4.78. The minimum Gasteiger partial charge on any atom is -0.868 e. The van der Waals surface area contributed by atoms with Crippen LogP contribution in [0.2, 0.25) is 0 Å². The van der Waals surface area contributed by atoms with Crippen molar-refractivity contribution >= 4 is 0 Å². The molecule has 0 unspecified atom stereocenters. The van der Waals surface area contributed by atoms with Crippen LogP contribution in [0.25, 0.3) is 0 Å². The molecule has 0 saturated heterocycles. The van der Waals surface area contributed by atoms with Gasteiger partial charge in [-0.2, -0.15) is 0 Å². The molecule has 0 aliphatic rings. The van der Waals surface area contributed by atoms with Crippen LogP contribution in [0, 0.1) is 58.2 Å². The van der Waals surface area contributed by atoms with Gasteiger partial charge in [0.15, 0.2) is 58.2 Å². The molecular weight excluding hydrogens is 730 g/mol. The Kier molecular flexibility index (Phi) is 31.7. The molecular formula is C24H24F10N2O8Ti2. The van der Waals surface area contributed by atoms with E-state index in [0.29, 0.717) is 39.3 Å². The first-order valence-corrected chi connectivity index (χ1v) is 11.9. The van der Waals surface area contributed by atoms with Crippen molar-refractivity contribution in [2.45, 2.75) is 0 Å². The van der Waals surface area contributed by atoms with Gasteiger partial charge in [0.1, 0.15) is 0 Å². The maximum atomic E-state index is 12.1. The van der Waals surface area contributed by atoms with Crippen LogP contribution in [0.3, 0.4) is 0 Å². The Morgan fingerprint density at radius 2 is 0.435 bits per heavy atom. The van der Waals surface area contributed by atoms with Gasteiger partial charge < -0.3 is 50.7 Å². The van der Waals surface area contributed by atoms with Crippen LogP contribution in [0.4, 0.5) is 43.9 Å². The van der Waals surface area contributed by atoms with Crippen LogP contribution < -0.4 is 40.9 Å². The number of hydrogen-bond donors (Lipinski definition) is 0. The predicted octanol–water partition coefficient (Wildman–Crippen LogP) is -4.36. The van der Waals surface area contributed by atoms with Gasteiger partial charge in [0.2, 0.25) is 0 Å². The Morgan fingerprint density at radius 1 is 0.304 bits per heavy atom. The molecule has 22 heteroatoms. The van der Waals surface area contributed by atoms with Gasteiger partial charge in [-0.1, -0.05) is 0 Å². The topological polar surface area (TPSA) is 191 Å². The predicted molar refractivity (Wildman–Crippen MR) is 113 cm³/mol. The normalized spacial score (nSPS) is 10.1. The Balaban J connectivity index is -0.000000253. The number of nitrogens with zero attached hydrogens (tertiary/aromatic N) is 2. The van der Waals surface area contributed by atoms with Crippen molar-refractivity contribution in [3.05, 3.63) is 58.2 Å². The van der Waals surface area contributed by atoms with E-state index in [9.17, 15) is 84.8 Å². The Labute approximate surface area is 285 Å². The molecule has 256 valence electrons. The summed E-state index contributed by atoms with van der Waals surface area (Å²) in [5.74, 6) is -27.2. The van der Waals surface area contributed by atoms with E-state index in [1.807, 2.05) is 0 Å². The molecule has 0 aliphatic carbocycles. The van der Waals surface area contributed by atoms with E-state index < -0.39 is 69.7 Å². The number of benzene rings is 2. The van der Waals surface area contributed by atoms with E-state index in [-0.39, 0.29) is 83.1 Å². The van der Waals surface area contributed by atoms with Crippen LogP contribution in [0.5, 0.6) is 11.5 Å². The average molecular weight is 754 g/mol. The molecule has 0 bridgehead atoms. The summed E-state index contributed by atoms with van der Waals surface area (Å²) in [5.41, 5.74) is 0. The molecule has 0 fully saturated rings. The Bertz CT molecular complexity index is 809. The first kappa shape index (κ1) is 51.3. The third-order valence-electron chi connectivity index (χ3n) is 4.78. The first-order chi connectivity index (χ1) is 20.6. The summed E-state index contributed by atoms with van der Waals surface area (Å²) in [5, 5.41) is 80.6. The molecule has 0 heterocycles. The molecule has 0 spiro atoms. The quantitative estimate of drug-likeness (QED) is 0.0887. The molecule has 46 heavy (non-hydrogen) atoms. The van der Waals surface area contributed by atoms with Crippen LogP contribution in [-0.2, 0) is 43.4 Å². The summed E-state index contributed by atoms with van der Waals surface area (Å²) < 4.78 is 121. The van der Waals surface area contributed by atoms with Crippen LogP contribution >= 0.6 is 0 Å². The number of hydrogen-bond acceptors (Lipinski definition) is 10. The summed E-state index contributed by atoms with van der Waals surface area (Å²) >= 11 is 0. The summed E-state index contributed by atoms with van der Waals surface area (Å²) in [6.07, 6.45) is 0. The molecule has 2 aromatic rings. The summed E-state index contributed by atoms with van der Waals surface area (Å²) in [7, 11) is 0. The second kappa shape index (κ2) is 28.5. The average Bonchev–Trinajstić information content (AvgIpc) is 3.01. The Morgan fingerprint density at radius 3 is 0.565 bits per heavy atom. The fourth-order valence-electron chi connectivity index (χ4n) is 2.61. The molecule has 0 amide bonds. The fourth-order valence-corrected chi connectivity index (χ4v) is 2.61. The summed E-state index contributed by atoms with van der Waals surface area (Å²) in [6, 6.07) is 0. The molecule has 2 rings (SSSR count). The largest absolute Gasteiger partial charge is 4.00 e. The molecule has 2 aromatic carbocycles. The van der Waals surface area contributed by atoms with Gasteiger partial charge in [0.25, 0.3) is 0 Å². The molecule has 0 N–H and O–H groups in total. The maximum absolute atomic E-state index is 12.1. The maximum Gasteiger partial charge on any atom is 4.00 e. The van der Waals surface area contributed by atoms with Crippen molar-refractivity contribution in [3.63, 3.8) is 0 Å². The zero-order chi connectivity index (χ0) is 34.6. The summed E-state index contributed by atoms with van der Waals surface area (Å²) in [6.45, 7) is 0.527. The van der Waals surface area contributed by atoms with Gasteiger partial charge >= 0.3 is 43.4 Å². The van der Waals surface area contributed by atoms with Gasteiger partial charge in [-0.3, -0.25) is 0 Å². The van der Waals surface area contributed by atoms with Crippen molar-refractivity contribution < 1.29 is 128 Å². The monoisotopic (exact) mass is 754 g/mol. The van der Waals surface area contributed by atoms with Crippen LogP contribution in [0.1, 0.15) is 0 Å². The zero-order valence-electron chi connectivity index (χ0n) is 23.4. The van der Waals surface area contributed by atoms with E-state index in [4.69, 9.17) is 0 Å². The van der Waals surface area contributed by atoms with Crippen molar-refractivity contribution in [1.29, 1.82) is 0 Å². The van der Waals surface area contributed by atoms with Crippen molar-refractivity contribution in [2.75, 3.05) is 78.9 Å². The molecule has 0 saturated carbocycles. The third kappa shape index (κ3) is 17.6. The fraction of sp³-hybridized carbons (Fsp3) is 0.500. The zero-order valence-corrected chi connectivity index (χ0v) is 26.5. The number of halogens is 10.